The van der Waals surface area contributed by atoms with Crippen molar-refractivity contribution in [3.8, 4) is 0 Å². The van der Waals surface area contributed by atoms with E-state index in [1.807, 2.05) is 0 Å². The molecule has 1 aliphatic rings. The minimum Gasteiger partial charge on any atom is -0.311 e. The second kappa shape index (κ2) is 6.58. The van der Waals surface area contributed by atoms with Crippen LogP contribution in [0.5, 0.6) is 0 Å². The summed E-state index contributed by atoms with van der Waals surface area (Å²) in [5.74, 6) is 1.42. The molecule has 0 spiro atoms. The first-order valence-electron chi connectivity index (χ1n) is 8.91. The molecule has 0 bridgehead atoms. The van der Waals surface area contributed by atoms with E-state index in [-0.39, 0.29) is 11.1 Å². The van der Waals surface area contributed by atoms with E-state index < -0.39 is 0 Å². The lowest BCUT2D eigenvalue weighted by Crippen LogP contribution is -2.62. The van der Waals surface area contributed by atoms with Crippen LogP contribution in [0.15, 0.2) is 0 Å². The van der Waals surface area contributed by atoms with Crippen LogP contribution in [0.2, 0.25) is 0 Å². The summed E-state index contributed by atoms with van der Waals surface area (Å²) in [4.78, 5) is 2.76. The molecule has 4 atom stereocenters. The standard InChI is InChI=1S/C19H40N2/c1-13(2)20-17-14(3)11-16(5)21(18(6,7)8)19(9,10)12-15(17)4/h13-17,20H,11-12H2,1-10H3. The molecule has 2 nitrogen and oxygen atoms in total. The van der Waals surface area contributed by atoms with E-state index in [0.717, 1.165) is 5.92 Å². The van der Waals surface area contributed by atoms with E-state index in [4.69, 9.17) is 0 Å². The number of rotatable bonds is 2. The summed E-state index contributed by atoms with van der Waals surface area (Å²) >= 11 is 0. The average molecular weight is 297 g/mol. The molecule has 1 rings (SSSR count). The Morgan fingerprint density at radius 1 is 1.05 bits per heavy atom. The van der Waals surface area contributed by atoms with Gasteiger partial charge in [-0.05, 0) is 66.2 Å². The second-order valence-corrected chi connectivity index (χ2v) is 9.44. The van der Waals surface area contributed by atoms with Crippen LogP contribution in [0, 0.1) is 11.8 Å². The van der Waals surface area contributed by atoms with E-state index in [0.29, 0.717) is 24.0 Å². The highest BCUT2D eigenvalue weighted by atomic mass is 15.3. The summed E-state index contributed by atoms with van der Waals surface area (Å²) in [5.41, 5.74) is 0.467. The molecule has 21 heavy (non-hydrogen) atoms. The van der Waals surface area contributed by atoms with Crippen molar-refractivity contribution >= 4 is 0 Å². The van der Waals surface area contributed by atoms with E-state index in [1.165, 1.54) is 12.8 Å². The summed E-state index contributed by atoms with van der Waals surface area (Å²) in [5, 5.41) is 3.84. The van der Waals surface area contributed by atoms with Crippen molar-refractivity contribution in [3.05, 3.63) is 0 Å². The lowest BCUT2D eigenvalue weighted by atomic mass is 9.74. The van der Waals surface area contributed by atoms with Gasteiger partial charge in [-0.1, -0.05) is 27.7 Å². The van der Waals surface area contributed by atoms with Gasteiger partial charge in [-0.15, -0.1) is 0 Å². The largest absolute Gasteiger partial charge is 0.311 e. The van der Waals surface area contributed by atoms with Crippen molar-refractivity contribution in [2.45, 2.75) is 111 Å². The first-order chi connectivity index (χ1) is 9.36. The van der Waals surface area contributed by atoms with Crippen LogP contribution in [0.3, 0.4) is 0 Å². The number of nitrogens with one attached hydrogen (secondary N) is 1. The van der Waals surface area contributed by atoms with Crippen LogP contribution < -0.4 is 5.32 Å². The Morgan fingerprint density at radius 2 is 1.57 bits per heavy atom. The Balaban J connectivity index is 3.08. The zero-order chi connectivity index (χ0) is 16.6. The molecule has 1 fully saturated rings. The molecule has 1 aliphatic heterocycles. The predicted octanol–water partition coefficient (Wildman–Crippen LogP) is 4.69. The lowest BCUT2D eigenvalue weighted by Gasteiger charge is -2.55. The third kappa shape index (κ3) is 4.69. The van der Waals surface area contributed by atoms with Gasteiger partial charge < -0.3 is 5.32 Å². The summed E-state index contributed by atoms with van der Waals surface area (Å²) in [6, 6.07) is 1.82. The number of hydrogen-bond donors (Lipinski definition) is 1. The van der Waals surface area contributed by atoms with Crippen molar-refractivity contribution in [1.29, 1.82) is 0 Å². The molecule has 0 saturated carbocycles. The van der Waals surface area contributed by atoms with E-state index >= 15 is 0 Å². The average Bonchev–Trinajstić information content (AvgIpc) is 2.20. The maximum absolute atomic E-state index is 3.84. The molecule has 0 aromatic rings. The van der Waals surface area contributed by atoms with Crippen molar-refractivity contribution in [1.82, 2.24) is 10.2 Å². The van der Waals surface area contributed by atoms with Crippen molar-refractivity contribution in [2.24, 2.45) is 11.8 Å². The van der Waals surface area contributed by atoms with Gasteiger partial charge in [0.05, 0.1) is 0 Å². The summed E-state index contributed by atoms with van der Waals surface area (Å²) in [6.45, 7) is 23.8. The molecule has 2 heteroatoms. The molecule has 0 radical (unpaired) electrons. The number of hydrogen-bond acceptors (Lipinski definition) is 2. The highest BCUT2D eigenvalue weighted by Crippen LogP contribution is 2.39. The third-order valence-corrected chi connectivity index (χ3v) is 5.10. The fraction of sp³-hybridized carbons (Fsp3) is 1.00. The fourth-order valence-electron chi connectivity index (χ4n) is 5.24. The molecular weight excluding hydrogens is 256 g/mol. The minimum atomic E-state index is 0.223. The van der Waals surface area contributed by atoms with E-state index in [1.54, 1.807) is 0 Å². The Hall–Kier alpha value is -0.0800. The minimum absolute atomic E-state index is 0.223. The zero-order valence-electron chi connectivity index (χ0n) is 16.2. The SMILES string of the molecule is CC(C)NC1C(C)CC(C)N(C(C)(C)C)C(C)(C)CC1C. The van der Waals surface area contributed by atoms with Crippen LogP contribution in [-0.2, 0) is 0 Å². The molecule has 0 aromatic heterocycles. The van der Waals surface area contributed by atoms with Gasteiger partial charge in [0.2, 0.25) is 0 Å². The molecule has 4 unspecified atom stereocenters. The Morgan fingerprint density at radius 3 is 2.00 bits per heavy atom. The van der Waals surface area contributed by atoms with Gasteiger partial charge in [-0.3, -0.25) is 4.90 Å². The summed E-state index contributed by atoms with van der Waals surface area (Å²) in [7, 11) is 0. The molecule has 0 amide bonds. The first kappa shape index (κ1) is 19.0. The maximum atomic E-state index is 3.84. The normalized spacial score (nSPS) is 35.6. The van der Waals surface area contributed by atoms with E-state index in [9.17, 15) is 0 Å². The molecule has 126 valence electrons. The van der Waals surface area contributed by atoms with Crippen molar-refractivity contribution < 1.29 is 0 Å². The van der Waals surface area contributed by atoms with Gasteiger partial charge >= 0.3 is 0 Å². The smallest absolute Gasteiger partial charge is 0.0164 e. The van der Waals surface area contributed by atoms with Crippen LogP contribution in [0.4, 0.5) is 0 Å². The van der Waals surface area contributed by atoms with Gasteiger partial charge in [-0.2, -0.15) is 0 Å². The van der Waals surface area contributed by atoms with Crippen LogP contribution in [0.25, 0.3) is 0 Å². The van der Waals surface area contributed by atoms with Crippen LogP contribution in [-0.4, -0.2) is 34.1 Å². The summed E-state index contributed by atoms with van der Waals surface area (Å²) < 4.78 is 0. The highest BCUT2D eigenvalue weighted by Gasteiger charge is 2.43. The number of likely N-dealkylation sites (tertiary alicyclic amines) is 1. The van der Waals surface area contributed by atoms with Gasteiger partial charge in [0.1, 0.15) is 0 Å². The molecule has 0 aromatic carbocycles. The van der Waals surface area contributed by atoms with Gasteiger partial charge in [-0.25, -0.2) is 0 Å². The monoisotopic (exact) mass is 296 g/mol. The zero-order valence-corrected chi connectivity index (χ0v) is 16.2. The van der Waals surface area contributed by atoms with Crippen molar-refractivity contribution in [3.63, 3.8) is 0 Å². The Bertz CT molecular complexity index is 327. The summed E-state index contributed by atoms with van der Waals surface area (Å²) in [6.07, 6.45) is 2.53. The Labute approximate surface area is 134 Å². The lowest BCUT2D eigenvalue weighted by molar-refractivity contribution is -0.0467. The molecule has 1 saturated heterocycles. The Kier molecular flexibility index (Phi) is 5.94. The van der Waals surface area contributed by atoms with Crippen molar-refractivity contribution in [2.75, 3.05) is 0 Å². The van der Waals surface area contributed by atoms with Gasteiger partial charge in [0, 0.05) is 29.2 Å². The topological polar surface area (TPSA) is 15.3 Å². The fourth-order valence-corrected chi connectivity index (χ4v) is 5.24. The number of nitrogens with zero attached hydrogens (tertiary/aromatic N) is 1. The molecular formula is C19H40N2. The quantitative estimate of drug-likeness (QED) is 0.795. The molecule has 1 N–H and O–H groups in total. The molecule has 1 heterocycles. The highest BCUT2D eigenvalue weighted by molar-refractivity contribution is 4.99. The van der Waals surface area contributed by atoms with Gasteiger partial charge in [0.25, 0.3) is 0 Å². The first-order valence-corrected chi connectivity index (χ1v) is 8.91. The van der Waals surface area contributed by atoms with Gasteiger partial charge in [0.15, 0.2) is 0 Å². The predicted molar refractivity (Wildman–Crippen MR) is 94.8 cm³/mol. The van der Waals surface area contributed by atoms with Crippen LogP contribution >= 0.6 is 0 Å². The van der Waals surface area contributed by atoms with Crippen LogP contribution in [0.1, 0.15) is 82.1 Å². The maximum Gasteiger partial charge on any atom is 0.0164 e. The second-order valence-electron chi connectivity index (χ2n) is 9.44. The molecule has 0 aliphatic carbocycles. The van der Waals surface area contributed by atoms with E-state index in [2.05, 4.69) is 79.5 Å². The third-order valence-electron chi connectivity index (χ3n) is 5.10.